The van der Waals surface area contributed by atoms with E-state index in [1.165, 1.54) is 18.2 Å². The fraction of sp³-hybridized carbons (Fsp3) is 0.417. The second-order valence-electron chi connectivity index (χ2n) is 3.92. The molecule has 0 aliphatic carbocycles. The summed E-state index contributed by atoms with van der Waals surface area (Å²) in [6.07, 6.45) is 0.725. The molecule has 0 aliphatic heterocycles. The minimum absolute atomic E-state index is 0.114. The van der Waals surface area contributed by atoms with Gasteiger partial charge >= 0.3 is 7.12 Å². The van der Waals surface area contributed by atoms with Crippen LogP contribution in [0.1, 0.15) is 23.7 Å². The number of rotatable bonds is 7. The smallest absolute Gasteiger partial charge is 0.423 e. The molecule has 0 unspecified atom stereocenters. The molecule has 0 heterocycles. The normalized spacial score (nSPS) is 10.3. The first kappa shape index (κ1) is 16.0. The lowest BCUT2D eigenvalue weighted by Gasteiger charge is -2.08. The van der Waals surface area contributed by atoms with Crippen LogP contribution in [0.15, 0.2) is 18.2 Å². The number of nitrogens with one attached hydrogen (secondary N) is 1. The van der Waals surface area contributed by atoms with Crippen LogP contribution in [0.4, 0.5) is 0 Å². The summed E-state index contributed by atoms with van der Waals surface area (Å²) in [5.41, 5.74) is 0.451. The first-order valence-corrected chi connectivity index (χ1v) is 6.45. The number of hydrogen-bond acceptors (Lipinski definition) is 4. The first-order valence-electron chi connectivity index (χ1n) is 6.07. The molecule has 0 fully saturated rings. The molecule has 1 aromatic rings. The Hall–Kier alpha value is -1.08. The highest BCUT2D eigenvalue weighted by Crippen LogP contribution is 2.08. The molecule has 0 aromatic heterocycles. The first-order chi connectivity index (χ1) is 9.06. The maximum absolute atomic E-state index is 11.8. The van der Waals surface area contributed by atoms with Gasteiger partial charge < -0.3 is 20.1 Å². The summed E-state index contributed by atoms with van der Waals surface area (Å²) in [7, 11) is -1.70. The molecule has 0 spiro atoms. The predicted molar refractivity (Wildman–Crippen MR) is 74.7 cm³/mol. The van der Waals surface area contributed by atoms with Crippen LogP contribution >= 0.6 is 11.6 Å². The molecule has 1 rings (SSSR count). The van der Waals surface area contributed by atoms with E-state index in [0.717, 1.165) is 6.42 Å². The highest BCUT2D eigenvalue weighted by atomic mass is 35.5. The van der Waals surface area contributed by atoms with Crippen LogP contribution in [-0.4, -0.2) is 42.8 Å². The molecular weight excluding hydrogens is 268 g/mol. The van der Waals surface area contributed by atoms with Crippen molar-refractivity contribution in [3.8, 4) is 0 Å². The van der Waals surface area contributed by atoms with E-state index in [9.17, 15) is 4.79 Å². The van der Waals surface area contributed by atoms with Gasteiger partial charge in [0.2, 0.25) is 0 Å². The quantitative estimate of drug-likeness (QED) is 0.493. The molecule has 0 radical (unpaired) electrons. The topological polar surface area (TPSA) is 78.8 Å². The van der Waals surface area contributed by atoms with E-state index in [2.05, 4.69) is 5.32 Å². The zero-order valence-corrected chi connectivity index (χ0v) is 11.5. The van der Waals surface area contributed by atoms with Gasteiger partial charge in [0.1, 0.15) is 0 Å². The number of carbonyl (C=O) groups is 1. The van der Waals surface area contributed by atoms with Crippen LogP contribution in [0.5, 0.6) is 0 Å². The number of ether oxygens (including phenoxy) is 1. The SMILES string of the molecule is CCOCCCNC(=O)c1ccc(Cl)c(B(O)O)c1. The lowest BCUT2D eigenvalue weighted by atomic mass is 9.79. The van der Waals surface area contributed by atoms with E-state index in [-0.39, 0.29) is 16.4 Å². The van der Waals surface area contributed by atoms with Crippen LogP contribution in [0, 0.1) is 0 Å². The lowest BCUT2D eigenvalue weighted by Crippen LogP contribution is -2.33. The molecule has 3 N–H and O–H groups in total. The molecular formula is C12H17BClNO4. The molecule has 0 atom stereocenters. The second kappa shape index (κ2) is 8.17. The van der Waals surface area contributed by atoms with Crippen molar-refractivity contribution in [3.63, 3.8) is 0 Å². The molecule has 7 heteroatoms. The third kappa shape index (κ3) is 5.20. The summed E-state index contributed by atoms with van der Waals surface area (Å²) in [5, 5.41) is 21.1. The van der Waals surface area contributed by atoms with Gasteiger partial charge in [0.25, 0.3) is 5.91 Å². The van der Waals surface area contributed by atoms with E-state index in [4.69, 9.17) is 26.4 Å². The van der Waals surface area contributed by atoms with Crippen molar-refractivity contribution in [1.82, 2.24) is 5.32 Å². The zero-order valence-electron chi connectivity index (χ0n) is 10.7. The highest BCUT2D eigenvalue weighted by molar-refractivity contribution is 6.62. The molecule has 5 nitrogen and oxygen atoms in total. The van der Waals surface area contributed by atoms with E-state index in [1.807, 2.05) is 6.92 Å². The second-order valence-corrected chi connectivity index (χ2v) is 4.32. The summed E-state index contributed by atoms with van der Waals surface area (Å²) in [6.45, 7) is 3.66. The summed E-state index contributed by atoms with van der Waals surface area (Å²) < 4.78 is 5.15. The molecule has 19 heavy (non-hydrogen) atoms. The minimum atomic E-state index is -1.70. The molecule has 0 bridgehead atoms. The maximum atomic E-state index is 11.8. The summed E-state index contributed by atoms with van der Waals surface area (Å²) in [6, 6.07) is 4.36. The third-order valence-electron chi connectivity index (χ3n) is 2.49. The van der Waals surface area contributed by atoms with Gasteiger partial charge in [-0.15, -0.1) is 0 Å². The maximum Gasteiger partial charge on any atom is 0.489 e. The van der Waals surface area contributed by atoms with Crippen molar-refractivity contribution in [2.24, 2.45) is 0 Å². The molecule has 0 saturated carbocycles. The van der Waals surface area contributed by atoms with Crippen molar-refractivity contribution in [3.05, 3.63) is 28.8 Å². The van der Waals surface area contributed by atoms with E-state index in [1.54, 1.807) is 0 Å². The Bertz CT molecular complexity index is 428. The van der Waals surface area contributed by atoms with Gasteiger partial charge in [-0.1, -0.05) is 11.6 Å². The highest BCUT2D eigenvalue weighted by Gasteiger charge is 2.17. The van der Waals surface area contributed by atoms with Gasteiger partial charge in [-0.2, -0.15) is 0 Å². The van der Waals surface area contributed by atoms with Crippen molar-refractivity contribution in [1.29, 1.82) is 0 Å². The van der Waals surface area contributed by atoms with Crippen LogP contribution in [0.2, 0.25) is 5.02 Å². The van der Waals surface area contributed by atoms with Crippen molar-refractivity contribution in [2.45, 2.75) is 13.3 Å². The summed E-state index contributed by atoms with van der Waals surface area (Å²) in [4.78, 5) is 11.8. The van der Waals surface area contributed by atoms with E-state index < -0.39 is 7.12 Å². The Kier molecular flexibility index (Phi) is 6.87. The Labute approximate surface area is 117 Å². The number of hydrogen-bond donors (Lipinski definition) is 3. The van der Waals surface area contributed by atoms with E-state index >= 15 is 0 Å². The summed E-state index contributed by atoms with van der Waals surface area (Å²) in [5.74, 6) is -0.282. The molecule has 1 aromatic carbocycles. The standard InChI is InChI=1S/C12H17BClNO4/c1-2-19-7-3-6-15-12(16)9-4-5-11(14)10(8-9)13(17)18/h4-5,8,17-18H,2-3,6-7H2,1H3,(H,15,16). The Balaban J connectivity index is 2.55. The number of halogens is 1. The average Bonchev–Trinajstić information content (AvgIpc) is 2.38. The van der Waals surface area contributed by atoms with Gasteiger partial charge in [-0.3, -0.25) is 4.79 Å². The number of carbonyl (C=O) groups excluding carboxylic acids is 1. The van der Waals surface area contributed by atoms with Crippen LogP contribution < -0.4 is 10.8 Å². The molecule has 1 amide bonds. The average molecular weight is 286 g/mol. The molecule has 0 aliphatic rings. The Morgan fingerprint density at radius 2 is 2.21 bits per heavy atom. The van der Waals surface area contributed by atoms with Crippen LogP contribution in [0.3, 0.4) is 0 Å². The fourth-order valence-corrected chi connectivity index (χ4v) is 1.72. The van der Waals surface area contributed by atoms with Crippen LogP contribution in [-0.2, 0) is 4.74 Å². The van der Waals surface area contributed by atoms with Gasteiger partial charge in [-0.25, -0.2) is 0 Å². The monoisotopic (exact) mass is 285 g/mol. The van der Waals surface area contributed by atoms with Gasteiger partial charge in [0.05, 0.1) is 0 Å². The zero-order chi connectivity index (χ0) is 14.3. The van der Waals surface area contributed by atoms with Crippen molar-refractivity contribution >= 4 is 30.1 Å². The molecule has 0 saturated heterocycles. The van der Waals surface area contributed by atoms with E-state index in [0.29, 0.717) is 25.3 Å². The van der Waals surface area contributed by atoms with Gasteiger partial charge in [-0.05, 0) is 31.5 Å². The van der Waals surface area contributed by atoms with Crippen molar-refractivity contribution < 1.29 is 19.6 Å². The Morgan fingerprint density at radius 3 is 2.84 bits per heavy atom. The number of amides is 1. The summed E-state index contributed by atoms with van der Waals surface area (Å²) >= 11 is 5.79. The minimum Gasteiger partial charge on any atom is -0.423 e. The molecule has 104 valence electrons. The van der Waals surface area contributed by atoms with Gasteiger partial charge in [0, 0.05) is 35.8 Å². The fourth-order valence-electron chi connectivity index (χ4n) is 1.51. The Morgan fingerprint density at radius 1 is 1.47 bits per heavy atom. The lowest BCUT2D eigenvalue weighted by molar-refractivity contribution is 0.0944. The van der Waals surface area contributed by atoms with Crippen LogP contribution in [0.25, 0.3) is 0 Å². The largest absolute Gasteiger partial charge is 0.489 e. The predicted octanol–water partition coefficient (Wildman–Crippen LogP) is 0.176. The number of benzene rings is 1. The third-order valence-corrected chi connectivity index (χ3v) is 2.84. The van der Waals surface area contributed by atoms with Crippen molar-refractivity contribution in [2.75, 3.05) is 19.8 Å². The van der Waals surface area contributed by atoms with Gasteiger partial charge in [0.15, 0.2) is 0 Å².